The number of ketones is 1. The lowest BCUT2D eigenvalue weighted by Crippen LogP contribution is -2.03. The quantitative estimate of drug-likeness (QED) is 0.825. The van der Waals surface area contributed by atoms with Gasteiger partial charge in [0.1, 0.15) is 11.5 Å². The number of hydrogen-bond donors (Lipinski definition) is 1. The Labute approximate surface area is 90.9 Å². The maximum absolute atomic E-state index is 11.1. The third-order valence-corrected chi connectivity index (χ3v) is 2.57. The van der Waals surface area contributed by atoms with E-state index in [0.29, 0.717) is 12.3 Å². The number of phenols is 1. The molecule has 0 aliphatic rings. The van der Waals surface area contributed by atoms with Crippen LogP contribution in [0.25, 0.3) is 0 Å². The number of Topliss-reactive ketones (excluding diaryl/α,β-unsaturated/α-hetero) is 1. The van der Waals surface area contributed by atoms with Gasteiger partial charge in [0.15, 0.2) is 0 Å². The van der Waals surface area contributed by atoms with Gasteiger partial charge in [-0.15, -0.1) is 0 Å². The van der Waals surface area contributed by atoms with Gasteiger partial charge in [-0.3, -0.25) is 4.79 Å². The Hall–Kier alpha value is -1.31. The fourth-order valence-electron chi connectivity index (χ4n) is 1.74. The third-order valence-electron chi connectivity index (χ3n) is 2.57. The zero-order chi connectivity index (χ0) is 11.6. The molecule has 1 N–H and O–H groups in total. The fraction of sp³-hybridized carbons (Fsp3) is 0.462. The van der Waals surface area contributed by atoms with Crippen molar-refractivity contribution >= 4 is 5.78 Å². The van der Waals surface area contributed by atoms with Crippen LogP contribution >= 0.6 is 0 Å². The van der Waals surface area contributed by atoms with E-state index in [9.17, 15) is 9.90 Å². The van der Waals surface area contributed by atoms with Crippen LogP contribution in [0.15, 0.2) is 12.1 Å². The Morgan fingerprint density at radius 2 is 2.00 bits per heavy atom. The van der Waals surface area contributed by atoms with Crippen molar-refractivity contribution < 1.29 is 9.90 Å². The summed E-state index contributed by atoms with van der Waals surface area (Å²) in [7, 11) is 0. The first-order chi connectivity index (χ1) is 6.93. The zero-order valence-electron chi connectivity index (χ0n) is 9.79. The summed E-state index contributed by atoms with van der Waals surface area (Å²) >= 11 is 0. The molecule has 82 valence electrons. The van der Waals surface area contributed by atoms with Crippen molar-refractivity contribution in [2.24, 2.45) is 0 Å². The zero-order valence-corrected chi connectivity index (χ0v) is 9.79. The van der Waals surface area contributed by atoms with Crippen LogP contribution in [0.3, 0.4) is 0 Å². The maximum Gasteiger partial charge on any atom is 0.134 e. The summed E-state index contributed by atoms with van der Waals surface area (Å²) in [6.45, 7) is 7.52. The highest BCUT2D eigenvalue weighted by atomic mass is 16.3. The lowest BCUT2D eigenvalue weighted by atomic mass is 9.92. The van der Waals surface area contributed by atoms with Crippen LogP contribution in [0.1, 0.15) is 43.4 Å². The minimum absolute atomic E-state index is 0.0813. The molecule has 0 heterocycles. The monoisotopic (exact) mass is 206 g/mol. The van der Waals surface area contributed by atoms with E-state index < -0.39 is 0 Å². The first-order valence-corrected chi connectivity index (χ1v) is 5.24. The van der Waals surface area contributed by atoms with Gasteiger partial charge >= 0.3 is 0 Å². The minimum atomic E-state index is 0.0813. The molecule has 0 bridgehead atoms. The molecule has 2 nitrogen and oxygen atoms in total. The number of aromatic hydroxyl groups is 1. The number of carbonyl (C=O) groups is 1. The molecule has 0 unspecified atom stereocenters. The van der Waals surface area contributed by atoms with Gasteiger partial charge in [0.2, 0.25) is 0 Å². The van der Waals surface area contributed by atoms with Crippen molar-refractivity contribution in [3.05, 3.63) is 28.8 Å². The predicted octanol–water partition coefficient (Wildman–Crippen LogP) is 2.96. The highest BCUT2D eigenvalue weighted by molar-refractivity contribution is 5.79. The highest BCUT2D eigenvalue weighted by Gasteiger charge is 2.14. The molecule has 0 radical (unpaired) electrons. The topological polar surface area (TPSA) is 37.3 Å². The number of benzene rings is 1. The molecule has 0 amide bonds. The van der Waals surface area contributed by atoms with Gasteiger partial charge in [0, 0.05) is 12.0 Å². The molecular formula is C13H18O2. The Kier molecular flexibility index (Phi) is 3.51. The van der Waals surface area contributed by atoms with Crippen LogP contribution in [0.4, 0.5) is 0 Å². The largest absolute Gasteiger partial charge is 0.507 e. The van der Waals surface area contributed by atoms with Crippen molar-refractivity contribution in [3.8, 4) is 5.75 Å². The Morgan fingerprint density at radius 3 is 2.47 bits per heavy atom. The van der Waals surface area contributed by atoms with Crippen molar-refractivity contribution in [1.82, 2.24) is 0 Å². The number of phenolic OH excluding ortho intramolecular Hbond substituents is 1. The number of hydrogen-bond acceptors (Lipinski definition) is 2. The second-order valence-corrected chi connectivity index (χ2v) is 4.33. The summed E-state index contributed by atoms with van der Waals surface area (Å²) in [4.78, 5) is 11.1. The summed E-state index contributed by atoms with van der Waals surface area (Å²) in [6.07, 6.45) is 0.320. The SMILES string of the molecule is CC(=O)Cc1c(C(C)C)ccc(C)c1O. The van der Waals surface area contributed by atoms with Crippen LogP contribution in [0.5, 0.6) is 5.75 Å². The van der Waals surface area contributed by atoms with E-state index >= 15 is 0 Å². The van der Waals surface area contributed by atoms with Crippen molar-refractivity contribution in [2.45, 2.75) is 40.0 Å². The molecule has 0 atom stereocenters. The van der Waals surface area contributed by atoms with Gasteiger partial charge in [-0.1, -0.05) is 26.0 Å². The van der Waals surface area contributed by atoms with Crippen LogP contribution < -0.4 is 0 Å². The van der Waals surface area contributed by atoms with Gasteiger partial charge in [-0.05, 0) is 30.9 Å². The molecule has 0 aliphatic carbocycles. The maximum atomic E-state index is 11.1. The van der Waals surface area contributed by atoms with E-state index in [-0.39, 0.29) is 11.5 Å². The second-order valence-electron chi connectivity index (χ2n) is 4.33. The van der Waals surface area contributed by atoms with E-state index in [2.05, 4.69) is 13.8 Å². The molecule has 0 aromatic heterocycles. The summed E-state index contributed by atoms with van der Waals surface area (Å²) < 4.78 is 0. The Balaban J connectivity index is 3.28. The lowest BCUT2D eigenvalue weighted by molar-refractivity contribution is -0.116. The Morgan fingerprint density at radius 1 is 1.40 bits per heavy atom. The molecule has 1 rings (SSSR count). The van der Waals surface area contributed by atoms with Gasteiger partial charge in [-0.2, -0.15) is 0 Å². The summed E-state index contributed by atoms with van der Waals surface area (Å²) in [6, 6.07) is 3.90. The fourth-order valence-corrected chi connectivity index (χ4v) is 1.74. The molecular weight excluding hydrogens is 188 g/mol. The van der Waals surface area contributed by atoms with Gasteiger partial charge < -0.3 is 5.11 Å². The molecule has 0 spiro atoms. The average Bonchev–Trinajstić information content (AvgIpc) is 2.12. The molecule has 2 heteroatoms. The summed E-state index contributed by atoms with van der Waals surface area (Å²) in [5.41, 5.74) is 2.68. The van der Waals surface area contributed by atoms with Crippen LogP contribution in [-0.2, 0) is 11.2 Å². The first kappa shape index (κ1) is 11.8. The van der Waals surface area contributed by atoms with Gasteiger partial charge in [0.05, 0.1) is 0 Å². The average molecular weight is 206 g/mol. The van der Waals surface area contributed by atoms with Gasteiger partial charge in [0.25, 0.3) is 0 Å². The second kappa shape index (κ2) is 4.47. The molecule has 0 saturated heterocycles. The number of carbonyl (C=O) groups excluding carboxylic acids is 1. The number of aryl methyl sites for hydroxylation is 1. The smallest absolute Gasteiger partial charge is 0.134 e. The molecule has 15 heavy (non-hydrogen) atoms. The normalized spacial score (nSPS) is 10.7. The lowest BCUT2D eigenvalue weighted by Gasteiger charge is -2.15. The molecule has 0 aliphatic heterocycles. The highest BCUT2D eigenvalue weighted by Crippen LogP contribution is 2.30. The molecule has 1 aromatic carbocycles. The Bertz CT molecular complexity index is 378. The third kappa shape index (κ3) is 2.58. The van der Waals surface area contributed by atoms with E-state index in [4.69, 9.17) is 0 Å². The van der Waals surface area contributed by atoms with Crippen molar-refractivity contribution in [2.75, 3.05) is 0 Å². The standard InChI is InChI=1S/C13H18O2/c1-8(2)11-6-5-9(3)13(15)12(11)7-10(4)14/h5-6,8,15H,7H2,1-4H3. The van der Waals surface area contributed by atoms with Crippen LogP contribution in [0, 0.1) is 6.92 Å². The first-order valence-electron chi connectivity index (χ1n) is 5.24. The minimum Gasteiger partial charge on any atom is -0.507 e. The van der Waals surface area contributed by atoms with Crippen molar-refractivity contribution in [1.29, 1.82) is 0 Å². The van der Waals surface area contributed by atoms with E-state index in [1.807, 2.05) is 19.1 Å². The predicted molar refractivity (Wildman–Crippen MR) is 61.3 cm³/mol. The van der Waals surface area contributed by atoms with E-state index in [1.54, 1.807) is 6.92 Å². The summed E-state index contributed by atoms with van der Waals surface area (Å²) in [5, 5.41) is 9.92. The summed E-state index contributed by atoms with van der Waals surface area (Å²) in [5.74, 6) is 0.681. The van der Waals surface area contributed by atoms with Crippen LogP contribution in [0.2, 0.25) is 0 Å². The van der Waals surface area contributed by atoms with Gasteiger partial charge in [-0.25, -0.2) is 0 Å². The molecule has 0 saturated carbocycles. The molecule has 0 fully saturated rings. The van der Waals surface area contributed by atoms with E-state index in [1.165, 1.54) is 0 Å². The van der Waals surface area contributed by atoms with Crippen molar-refractivity contribution in [3.63, 3.8) is 0 Å². The molecule has 1 aromatic rings. The number of rotatable bonds is 3. The van der Waals surface area contributed by atoms with Crippen LogP contribution in [-0.4, -0.2) is 10.9 Å². The van der Waals surface area contributed by atoms with E-state index in [0.717, 1.165) is 16.7 Å².